The van der Waals surface area contributed by atoms with Gasteiger partial charge in [0.15, 0.2) is 0 Å². The summed E-state index contributed by atoms with van der Waals surface area (Å²) in [6.07, 6.45) is 4.05. The first-order chi connectivity index (χ1) is 8.29. The summed E-state index contributed by atoms with van der Waals surface area (Å²) in [5, 5.41) is 3.43. The molecule has 1 N–H and O–H groups in total. The Morgan fingerprint density at radius 1 is 1.12 bits per heavy atom. The lowest BCUT2D eigenvalue weighted by Crippen LogP contribution is -2.27. The summed E-state index contributed by atoms with van der Waals surface area (Å²) in [4.78, 5) is 4.71. The molecule has 0 aromatic heterocycles. The van der Waals surface area contributed by atoms with Gasteiger partial charge < -0.3 is 19.9 Å². The van der Waals surface area contributed by atoms with Crippen molar-refractivity contribution in [3.63, 3.8) is 0 Å². The molecule has 0 saturated carbocycles. The fourth-order valence-corrected chi connectivity index (χ4v) is 2.05. The van der Waals surface area contributed by atoms with E-state index in [-0.39, 0.29) is 0 Å². The molecule has 0 unspecified atom stereocenters. The summed E-state index contributed by atoms with van der Waals surface area (Å²) >= 11 is 0. The molecule has 0 aromatic carbocycles. The molecular weight excluding hydrogens is 214 g/mol. The predicted octanol–water partition coefficient (Wildman–Crippen LogP) is 0.640. The minimum absolute atomic E-state index is 0.831. The molecule has 17 heavy (non-hydrogen) atoms. The minimum Gasteiger partial charge on any atom is -0.379 e. The van der Waals surface area contributed by atoms with Crippen LogP contribution in [0.4, 0.5) is 0 Å². The average molecular weight is 243 g/mol. The van der Waals surface area contributed by atoms with E-state index >= 15 is 0 Å². The second-order valence-corrected chi connectivity index (χ2v) is 5.07. The highest BCUT2D eigenvalue weighted by molar-refractivity contribution is 4.66. The van der Waals surface area contributed by atoms with Gasteiger partial charge in [-0.1, -0.05) is 0 Å². The van der Waals surface area contributed by atoms with Crippen LogP contribution < -0.4 is 5.32 Å². The van der Waals surface area contributed by atoms with E-state index in [1.165, 1.54) is 38.9 Å². The zero-order valence-electron chi connectivity index (χ0n) is 11.6. The first-order valence-corrected chi connectivity index (χ1v) is 6.94. The zero-order valence-corrected chi connectivity index (χ0v) is 11.6. The van der Waals surface area contributed by atoms with Gasteiger partial charge in [-0.15, -0.1) is 0 Å². The Kier molecular flexibility index (Phi) is 8.61. The van der Waals surface area contributed by atoms with Crippen LogP contribution in [0.3, 0.4) is 0 Å². The monoisotopic (exact) mass is 243 g/mol. The zero-order chi connectivity index (χ0) is 12.3. The molecule has 102 valence electrons. The standard InChI is InChI=1S/C13H29N3O/c1-15(2)11-13-17-12-7-14-6-5-10-16-8-3-4-9-16/h14H,3-13H2,1-2H3. The lowest BCUT2D eigenvalue weighted by molar-refractivity contribution is 0.119. The number of ether oxygens (including phenoxy) is 1. The largest absolute Gasteiger partial charge is 0.379 e. The Labute approximate surface area is 106 Å². The van der Waals surface area contributed by atoms with Gasteiger partial charge in [-0.05, 0) is 59.5 Å². The molecule has 4 heteroatoms. The third-order valence-electron chi connectivity index (χ3n) is 3.13. The highest BCUT2D eigenvalue weighted by Crippen LogP contribution is 2.06. The van der Waals surface area contributed by atoms with Crippen molar-refractivity contribution in [3.05, 3.63) is 0 Å². The normalized spacial score (nSPS) is 17.1. The van der Waals surface area contributed by atoms with Crippen molar-refractivity contribution < 1.29 is 4.74 Å². The Balaban J connectivity index is 1.72. The van der Waals surface area contributed by atoms with Crippen molar-refractivity contribution in [2.45, 2.75) is 19.3 Å². The van der Waals surface area contributed by atoms with Crippen molar-refractivity contribution in [3.8, 4) is 0 Å². The summed E-state index contributed by atoms with van der Waals surface area (Å²) in [6, 6.07) is 0. The van der Waals surface area contributed by atoms with Crippen molar-refractivity contribution in [1.29, 1.82) is 0 Å². The molecule has 0 spiro atoms. The van der Waals surface area contributed by atoms with E-state index in [1.54, 1.807) is 0 Å². The minimum atomic E-state index is 0.831. The van der Waals surface area contributed by atoms with Gasteiger partial charge in [0, 0.05) is 13.1 Å². The molecule has 1 rings (SSSR count). The molecule has 1 aliphatic rings. The van der Waals surface area contributed by atoms with Crippen molar-refractivity contribution in [1.82, 2.24) is 15.1 Å². The number of rotatable bonds is 10. The van der Waals surface area contributed by atoms with Crippen LogP contribution in [0.2, 0.25) is 0 Å². The maximum absolute atomic E-state index is 5.51. The van der Waals surface area contributed by atoms with E-state index in [1.807, 2.05) is 0 Å². The fourth-order valence-electron chi connectivity index (χ4n) is 2.05. The molecule has 1 fully saturated rings. The average Bonchev–Trinajstić information content (AvgIpc) is 2.79. The second kappa shape index (κ2) is 9.83. The molecule has 0 aliphatic carbocycles. The third kappa shape index (κ3) is 8.55. The number of hydrogen-bond donors (Lipinski definition) is 1. The topological polar surface area (TPSA) is 27.7 Å². The van der Waals surface area contributed by atoms with E-state index in [0.717, 1.165) is 32.8 Å². The molecule has 0 aromatic rings. The van der Waals surface area contributed by atoms with Crippen LogP contribution in [0.25, 0.3) is 0 Å². The summed E-state index contributed by atoms with van der Waals surface area (Å²) in [5.74, 6) is 0. The predicted molar refractivity (Wildman–Crippen MR) is 72.5 cm³/mol. The van der Waals surface area contributed by atoms with Crippen LogP contribution in [-0.2, 0) is 4.74 Å². The second-order valence-electron chi connectivity index (χ2n) is 5.07. The van der Waals surface area contributed by atoms with Crippen molar-refractivity contribution in [2.75, 3.05) is 66.6 Å². The first kappa shape index (κ1) is 14.9. The maximum Gasteiger partial charge on any atom is 0.0593 e. The molecule has 0 bridgehead atoms. The van der Waals surface area contributed by atoms with Crippen LogP contribution in [0, 0.1) is 0 Å². The quantitative estimate of drug-likeness (QED) is 0.570. The summed E-state index contributed by atoms with van der Waals surface area (Å²) in [6.45, 7) is 8.66. The molecular formula is C13H29N3O. The molecule has 1 saturated heterocycles. The Morgan fingerprint density at radius 3 is 2.59 bits per heavy atom. The molecule has 1 heterocycles. The Bertz CT molecular complexity index is 170. The Morgan fingerprint density at radius 2 is 1.88 bits per heavy atom. The van der Waals surface area contributed by atoms with Crippen LogP contribution in [-0.4, -0.2) is 76.4 Å². The van der Waals surface area contributed by atoms with E-state index in [2.05, 4.69) is 29.2 Å². The maximum atomic E-state index is 5.51. The van der Waals surface area contributed by atoms with Crippen molar-refractivity contribution >= 4 is 0 Å². The molecule has 4 nitrogen and oxygen atoms in total. The Hall–Kier alpha value is -0.160. The van der Waals surface area contributed by atoms with Crippen LogP contribution in [0.15, 0.2) is 0 Å². The molecule has 0 amide bonds. The van der Waals surface area contributed by atoms with Crippen LogP contribution >= 0.6 is 0 Å². The number of likely N-dealkylation sites (N-methyl/N-ethyl adjacent to an activating group) is 1. The number of hydrogen-bond acceptors (Lipinski definition) is 4. The van der Waals surface area contributed by atoms with E-state index in [4.69, 9.17) is 4.74 Å². The first-order valence-electron chi connectivity index (χ1n) is 6.94. The van der Waals surface area contributed by atoms with Crippen LogP contribution in [0.1, 0.15) is 19.3 Å². The number of likely N-dealkylation sites (tertiary alicyclic amines) is 1. The van der Waals surface area contributed by atoms with E-state index < -0.39 is 0 Å². The van der Waals surface area contributed by atoms with Crippen LogP contribution in [0.5, 0.6) is 0 Å². The van der Waals surface area contributed by atoms with E-state index in [9.17, 15) is 0 Å². The highest BCUT2D eigenvalue weighted by Gasteiger charge is 2.09. The van der Waals surface area contributed by atoms with Gasteiger partial charge >= 0.3 is 0 Å². The van der Waals surface area contributed by atoms with Gasteiger partial charge in [0.1, 0.15) is 0 Å². The number of nitrogens with zero attached hydrogens (tertiary/aromatic N) is 2. The highest BCUT2D eigenvalue weighted by atomic mass is 16.5. The van der Waals surface area contributed by atoms with Gasteiger partial charge in [0.25, 0.3) is 0 Å². The van der Waals surface area contributed by atoms with Gasteiger partial charge in [-0.3, -0.25) is 0 Å². The smallest absolute Gasteiger partial charge is 0.0593 e. The van der Waals surface area contributed by atoms with Crippen molar-refractivity contribution in [2.24, 2.45) is 0 Å². The van der Waals surface area contributed by atoms with Gasteiger partial charge in [0.05, 0.1) is 13.2 Å². The van der Waals surface area contributed by atoms with Gasteiger partial charge in [-0.2, -0.15) is 0 Å². The summed E-state index contributed by atoms with van der Waals surface area (Å²) < 4.78 is 5.51. The SMILES string of the molecule is CN(C)CCOCCNCCCN1CCCC1. The molecule has 0 atom stereocenters. The summed E-state index contributed by atoms with van der Waals surface area (Å²) in [5.41, 5.74) is 0. The lowest BCUT2D eigenvalue weighted by Gasteiger charge is -2.14. The third-order valence-corrected chi connectivity index (χ3v) is 3.13. The lowest BCUT2D eigenvalue weighted by atomic mass is 10.4. The fraction of sp³-hybridized carbons (Fsp3) is 1.00. The summed E-state index contributed by atoms with van der Waals surface area (Å²) in [7, 11) is 4.14. The van der Waals surface area contributed by atoms with E-state index in [0.29, 0.717) is 0 Å². The molecule has 0 radical (unpaired) electrons. The van der Waals surface area contributed by atoms with Gasteiger partial charge in [0.2, 0.25) is 0 Å². The number of nitrogens with one attached hydrogen (secondary N) is 1. The van der Waals surface area contributed by atoms with Gasteiger partial charge in [-0.25, -0.2) is 0 Å². The molecule has 1 aliphatic heterocycles.